The van der Waals surface area contributed by atoms with Crippen molar-refractivity contribution in [2.75, 3.05) is 6.61 Å². The van der Waals surface area contributed by atoms with Gasteiger partial charge in [-0.2, -0.15) is 0 Å². The van der Waals surface area contributed by atoms with Gasteiger partial charge in [-0.15, -0.1) is 0 Å². The number of nitrogens with one attached hydrogen (secondary N) is 1. The molecule has 2 N–H and O–H groups in total. The van der Waals surface area contributed by atoms with Crippen molar-refractivity contribution in [3.63, 3.8) is 0 Å². The molecule has 72 valence electrons. The highest BCUT2D eigenvalue weighted by atomic mass is 16.3. The van der Waals surface area contributed by atoms with Crippen LogP contribution in [-0.4, -0.2) is 17.8 Å². The Hall–Kier alpha value is -0.860. The summed E-state index contributed by atoms with van der Waals surface area (Å²) >= 11 is 0. The first-order chi connectivity index (χ1) is 6.24. The van der Waals surface area contributed by atoms with Crippen molar-refractivity contribution in [2.24, 2.45) is 0 Å². The predicted octanol–water partition coefficient (Wildman–Crippen LogP) is 1.72. The van der Waals surface area contributed by atoms with Crippen LogP contribution in [0.5, 0.6) is 0 Å². The lowest BCUT2D eigenvalue weighted by Gasteiger charge is -2.18. The summed E-state index contributed by atoms with van der Waals surface area (Å²) in [5, 5.41) is 12.2. The molecular formula is C11H17NO. The zero-order chi connectivity index (χ0) is 9.68. The fourth-order valence-corrected chi connectivity index (χ4v) is 1.32. The van der Waals surface area contributed by atoms with Gasteiger partial charge in [0.1, 0.15) is 0 Å². The Morgan fingerprint density at radius 1 is 1.23 bits per heavy atom. The van der Waals surface area contributed by atoms with Gasteiger partial charge in [0, 0.05) is 12.1 Å². The minimum absolute atomic E-state index is 0.148. The van der Waals surface area contributed by atoms with Crippen LogP contribution in [0.1, 0.15) is 25.5 Å². The average Bonchev–Trinajstić information content (AvgIpc) is 2.19. The minimum Gasteiger partial charge on any atom is -0.395 e. The second kappa shape index (κ2) is 5.00. The molecule has 0 spiro atoms. The molecule has 0 fully saturated rings. The lowest BCUT2D eigenvalue weighted by atomic mass is 10.1. The smallest absolute Gasteiger partial charge is 0.0582 e. The third-order valence-corrected chi connectivity index (χ3v) is 2.11. The van der Waals surface area contributed by atoms with Gasteiger partial charge in [-0.05, 0) is 19.4 Å². The van der Waals surface area contributed by atoms with Crippen molar-refractivity contribution in [1.82, 2.24) is 5.32 Å². The molecule has 2 nitrogen and oxygen atoms in total. The molecule has 0 bridgehead atoms. The third kappa shape index (κ3) is 3.17. The Kier molecular flexibility index (Phi) is 3.93. The van der Waals surface area contributed by atoms with E-state index in [-0.39, 0.29) is 12.6 Å². The van der Waals surface area contributed by atoms with Gasteiger partial charge in [-0.25, -0.2) is 0 Å². The van der Waals surface area contributed by atoms with Crippen LogP contribution in [0.25, 0.3) is 0 Å². The highest BCUT2D eigenvalue weighted by molar-refractivity contribution is 5.18. The molecule has 1 aromatic carbocycles. The first-order valence-electron chi connectivity index (χ1n) is 4.66. The van der Waals surface area contributed by atoms with Gasteiger partial charge in [0.05, 0.1) is 6.61 Å². The largest absolute Gasteiger partial charge is 0.395 e. The first kappa shape index (κ1) is 10.2. The number of aliphatic hydroxyl groups is 1. The van der Waals surface area contributed by atoms with E-state index >= 15 is 0 Å². The Labute approximate surface area is 79.6 Å². The van der Waals surface area contributed by atoms with Gasteiger partial charge in [0.15, 0.2) is 0 Å². The fourth-order valence-electron chi connectivity index (χ4n) is 1.32. The van der Waals surface area contributed by atoms with Crippen LogP contribution in [0.15, 0.2) is 30.3 Å². The molecule has 1 aromatic rings. The monoisotopic (exact) mass is 179 g/mol. The van der Waals surface area contributed by atoms with Crippen molar-refractivity contribution in [3.8, 4) is 0 Å². The maximum atomic E-state index is 8.87. The molecule has 0 saturated heterocycles. The lowest BCUT2D eigenvalue weighted by Crippen LogP contribution is -2.31. The number of rotatable bonds is 4. The van der Waals surface area contributed by atoms with Gasteiger partial charge in [0.25, 0.3) is 0 Å². The Morgan fingerprint density at radius 2 is 1.85 bits per heavy atom. The molecule has 0 aliphatic rings. The van der Waals surface area contributed by atoms with E-state index in [1.165, 1.54) is 5.56 Å². The van der Waals surface area contributed by atoms with Crippen LogP contribution in [0.2, 0.25) is 0 Å². The average molecular weight is 179 g/mol. The van der Waals surface area contributed by atoms with Crippen LogP contribution >= 0.6 is 0 Å². The van der Waals surface area contributed by atoms with Crippen molar-refractivity contribution in [2.45, 2.75) is 25.9 Å². The second-order valence-electron chi connectivity index (χ2n) is 3.38. The van der Waals surface area contributed by atoms with Crippen LogP contribution < -0.4 is 5.32 Å². The van der Waals surface area contributed by atoms with Crippen molar-refractivity contribution >= 4 is 0 Å². The van der Waals surface area contributed by atoms with Gasteiger partial charge in [-0.3, -0.25) is 0 Å². The molecular weight excluding hydrogens is 162 g/mol. The van der Waals surface area contributed by atoms with E-state index in [9.17, 15) is 0 Å². The zero-order valence-corrected chi connectivity index (χ0v) is 8.20. The summed E-state index contributed by atoms with van der Waals surface area (Å²) in [4.78, 5) is 0. The molecule has 1 rings (SSSR count). The number of hydrogen-bond acceptors (Lipinski definition) is 2. The van der Waals surface area contributed by atoms with Crippen LogP contribution in [0.3, 0.4) is 0 Å². The van der Waals surface area contributed by atoms with Gasteiger partial charge in [-0.1, -0.05) is 30.3 Å². The molecule has 0 saturated carbocycles. The second-order valence-corrected chi connectivity index (χ2v) is 3.38. The number of aliphatic hydroxyl groups excluding tert-OH is 1. The molecule has 2 heteroatoms. The van der Waals surface area contributed by atoms with E-state index in [1.807, 2.05) is 25.1 Å². The summed E-state index contributed by atoms with van der Waals surface area (Å²) in [5.74, 6) is 0. The number of benzene rings is 1. The molecule has 1 unspecified atom stereocenters. The topological polar surface area (TPSA) is 32.3 Å². The molecule has 0 aromatic heterocycles. The van der Waals surface area contributed by atoms with Crippen molar-refractivity contribution in [1.29, 1.82) is 0 Å². The molecule has 2 atom stereocenters. The molecule has 0 aliphatic heterocycles. The molecule has 0 heterocycles. The van der Waals surface area contributed by atoms with Gasteiger partial charge < -0.3 is 10.4 Å². The first-order valence-corrected chi connectivity index (χ1v) is 4.66. The van der Waals surface area contributed by atoms with E-state index in [0.29, 0.717) is 6.04 Å². The lowest BCUT2D eigenvalue weighted by molar-refractivity contribution is 0.243. The minimum atomic E-state index is 0.148. The van der Waals surface area contributed by atoms with Gasteiger partial charge in [0.2, 0.25) is 0 Å². The zero-order valence-electron chi connectivity index (χ0n) is 8.20. The Morgan fingerprint density at radius 3 is 2.38 bits per heavy atom. The Bertz CT molecular complexity index is 235. The number of hydrogen-bond donors (Lipinski definition) is 2. The summed E-state index contributed by atoms with van der Waals surface area (Å²) in [6.07, 6.45) is 0. The van der Waals surface area contributed by atoms with E-state index in [0.717, 1.165) is 0 Å². The van der Waals surface area contributed by atoms with E-state index < -0.39 is 0 Å². The summed E-state index contributed by atoms with van der Waals surface area (Å²) in [6.45, 7) is 4.25. The molecule has 0 radical (unpaired) electrons. The van der Waals surface area contributed by atoms with E-state index in [2.05, 4.69) is 24.4 Å². The fraction of sp³-hybridized carbons (Fsp3) is 0.455. The third-order valence-electron chi connectivity index (χ3n) is 2.11. The SMILES string of the molecule is CC(N[C@@H](C)CO)c1ccccc1. The van der Waals surface area contributed by atoms with E-state index in [1.54, 1.807) is 0 Å². The van der Waals surface area contributed by atoms with Crippen LogP contribution in [0.4, 0.5) is 0 Å². The van der Waals surface area contributed by atoms with Crippen molar-refractivity contribution in [3.05, 3.63) is 35.9 Å². The summed E-state index contributed by atoms with van der Waals surface area (Å²) < 4.78 is 0. The standard InChI is InChI=1S/C11H17NO/c1-9(8-13)12-10(2)11-6-4-3-5-7-11/h3-7,9-10,12-13H,8H2,1-2H3/t9-,10?/m0/s1. The highest BCUT2D eigenvalue weighted by Gasteiger charge is 2.06. The molecule has 0 amide bonds. The molecule has 0 aliphatic carbocycles. The van der Waals surface area contributed by atoms with E-state index in [4.69, 9.17) is 5.11 Å². The Balaban J connectivity index is 2.53. The maximum Gasteiger partial charge on any atom is 0.0582 e. The van der Waals surface area contributed by atoms with Gasteiger partial charge >= 0.3 is 0 Å². The van der Waals surface area contributed by atoms with Crippen LogP contribution in [-0.2, 0) is 0 Å². The molecule has 13 heavy (non-hydrogen) atoms. The highest BCUT2D eigenvalue weighted by Crippen LogP contribution is 2.11. The quantitative estimate of drug-likeness (QED) is 0.737. The summed E-state index contributed by atoms with van der Waals surface area (Å²) in [6, 6.07) is 10.7. The van der Waals surface area contributed by atoms with Crippen LogP contribution in [0, 0.1) is 0 Å². The summed E-state index contributed by atoms with van der Waals surface area (Å²) in [5.41, 5.74) is 1.25. The predicted molar refractivity (Wildman–Crippen MR) is 54.5 cm³/mol. The van der Waals surface area contributed by atoms with Crippen molar-refractivity contribution < 1.29 is 5.11 Å². The summed E-state index contributed by atoms with van der Waals surface area (Å²) in [7, 11) is 0. The maximum absolute atomic E-state index is 8.87. The normalized spacial score (nSPS) is 15.3.